The smallest absolute Gasteiger partial charge is 0.414 e. The predicted octanol–water partition coefficient (Wildman–Crippen LogP) is 1.92. The number of ether oxygens (including phenoxy) is 1. The number of hydrogen-bond donors (Lipinski definition) is 0. The van der Waals surface area contributed by atoms with Gasteiger partial charge in [0.05, 0.1) is 18.8 Å². The fourth-order valence-corrected chi connectivity index (χ4v) is 2.25. The normalized spacial score (nSPS) is 18.4. The van der Waals surface area contributed by atoms with E-state index in [0.717, 1.165) is 16.9 Å². The number of benzene rings is 1. The molecular weight excluding hydrogens is 256 g/mol. The zero-order valence-electron chi connectivity index (χ0n) is 11.5. The SMILES string of the molecule is Cc1ccc(N2C[C@H](Cn3cc(C)nn3)OC2=O)cc1. The molecule has 0 bridgehead atoms. The lowest BCUT2D eigenvalue weighted by Crippen LogP contribution is -2.26. The van der Waals surface area contributed by atoms with Crippen molar-refractivity contribution < 1.29 is 9.53 Å². The van der Waals surface area contributed by atoms with E-state index in [0.29, 0.717) is 13.1 Å². The Bertz CT molecular complexity index is 620. The molecule has 1 fully saturated rings. The molecule has 1 saturated heterocycles. The highest BCUT2D eigenvalue weighted by atomic mass is 16.6. The van der Waals surface area contributed by atoms with Gasteiger partial charge in [0, 0.05) is 11.9 Å². The second-order valence-corrected chi connectivity index (χ2v) is 5.03. The van der Waals surface area contributed by atoms with Crippen LogP contribution in [0, 0.1) is 13.8 Å². The summed E-state index contributed by atoms with van der Waals surface area (Å²) in [5.74, 6) is 0. The Morgan fingerprint density at radius 1 is 1.30 bits per heavy atom. The summed E-state index contributed by atoms with van der Waals surface area (Å²) < 4.78 is 7.07. The lowest BCUT2D eigenvalue weighted by atomic mass is 10.2. The van der Waals surface area contributed by atoms with E-state index < -0.39 is 0 Å². The molecule has 0 saturated carbocycles. The minimum atomic E-state index is -0.310. The van der Waals surface area contributed by atoms with E-state index in [1.807, 2.05) is 44.3 Å². The van der Waals surface area contributed by atoms with Gasteiger partial charge in [0.2, 0.25) is 0 Å². The zero-order valence-corrected chi connectivity index (χ0v) is 11.5. The van der Waals surface area contributed by atoms with Crippen molar-refractivity contribution in [1.82, 2.24) is 15.0 Å². The fourth-order valence-electron chi connectivity index (χ4n) is 2.25. The van der Waals surface area contributed by atoms with Gasteiger partial charge in [-0.2, -0.15) is 0 Å². The molecule has 104 valence electrons. The number of hydrogen-bond acceptors (Lipinski definition) is 4. The molecule has 20 heavy (non-hydrogen) atoms. The maximum absolute atomic E-state index is 11.9. The van der Waals surface area contributed by atoms with Gasteiger partial charge >= 0.3 is 6.09 Å². The first-order chi connectivity index (χ1) is 9.61. The lowest BCUT2D eigenvalue weighted by molar-refractivity contribution is 0.129. The number of amides is 1. The maximum Gasteiger partial charge on any atom is 0.414 e. The van der Waals surface area contributed by atoms with Gasteiger partial charge in [0.1, 0.15) is 6.10 Å². The van der Waals surface area contributed by atoms with Gasteiger partial charge in [-0.05, 0) is 26.0 Å². The highest BCUT2D eigenvalue weighted by Gasteiger charge is 2.32. The molecule has 1 aliphatic rings. The molecule has 0 unspecified atom stereocenters. The Balaban J connectivity index is 1.70. The number of anilines is 1. The number of aromatic nitrogens is 3. The molecule has 6 heteroatoms. The minimum absolute atomic E-state index is 0.204. The first-order valence-electron chi connectivity index (χ1n) is 6.53. The third-order valence-electron chi connectivity index (χ3n) is 3.26. The highest BCUT2D eigenvalue weighted by molar-refractivity contribution is 5.89. The molecular formula is C14H16N4O2. The number of aryl methyl sites for hydroxylation is 2. The number of nitrogens with zero attached hydrogens (tertiary/aromatic N) is 4. The zero-order chi connectivity index (χ0) is 14.1. The van der Waals surface area contributed by atoms with E-state index in [-0.39, 0.29) is 12.2 Å². The molecule has 6 nitrogen and oxygen atoms in total. The van der Waals surface area contributed by atoms with Crippen LogP contribution >= 0.6 is 0 Å². The summed E-state index contributed by atoms with van der Waals surface area (Å²) >= 11 is 0. The molecule has 0 aliphatic carbocycles. The fraction of sp³-hybridized carbons (Fsp3) is 0.357. The first kappa shape index (κ1) is 12.7. The summed E-state index contributed by atoms with van der Waals surface area (Å²) in [7, 11) is 0. The van der Waals surface area contributed by atoms with E-state index in [1.165, 1.54) is 0 Å². The molecule has 3 rings (SSSR count). The van der Waals surface area contributed by atoms with Crippen molar-refractivity contribution in [2.24, 2.45) is 0 Å². The number of cyclic esters (lactones) is 1. The van der Waals surface area contributed by atoms with Gasteiger partial charge in [-0.3, -0.25) is 4.90 Å². The summed E-state index contributed by atoms with van der Waals surface area (Å²) in [4.78, 5) is 13.6. The quantitative estimate of drug-likeness (QED) is 0.856. The summed E-state index contributed by atoms with van der Waals surface area (Å²) in [6.45, 7) is 4.94. The molecule has 2 heterocycles. The molecule has 1 aliphatic heterocycles. The molecule has 0 spiro atoms. The third kappa shape index (κ3) is 2.49. The first-order valence-corrected chi connectivity index (χ1v) is 6.53. The molecule has 0 N–H and O–H groups in total. The van der Waals surface area contributed by atoms with Crippen molar-refractivity contribution in [1.29, 1.82) is 0 Å². The minimum Gasteiger partial charge on any atom is -0.442 e. The predicted molar refractivity (Wildman–Crippen MR) is 73.6 cm³/mol. The van der Waals surface area contributed by atoms with Crippen LogP contribution in [0.3, 0.4) is 0 Å². The number of carbonyl (C=O) groups is 1. The maximum atomic E-state index is 11.9. The lowest BCUT2D eigenvalue weighted by Gasteiger charge is -2.12. The Kier molecular flexibility index (Phi) is 3.14. The van der Waals surface area contributed by atoms with Crippen molar-refractivity contribution in [3.63, 3.8) is 0 Å². The van der Waals surface area contributed by atoms with Crippen LogP contribution < -0.4 is 4.90 Å². The van der Waals surface area contributed by atoms with Gasteiger partial charge in [0.25, 0.3) is 0 Å². The van der Waals surface area contributed by atoms with Gasteiger partial charge in [0.15, 0.2) is 0 Å². The summed E-state index contributed by atoms with van der Waals surface area (Å²) in [5.41, 5.74) is 2.87. The van der Waals surface area contributed by atoms with Gasteiger partial charge < -0.3 is 4.74 Å². The monoisotopic (exact) mass is 272 g/mol. The molecule has 1 atom stereocenters. The second kappa shape index (κ2) is 4.96. The van der Waals surface area contributed by atoms with Gasteiger partial charge in [-0.25, -0.2) is 9.48 Å². The van der Waals surface area contributed by atoms with Crippen LogP contribution in [0.1, 0.15) is 11.3 Å². The van der Waals surface area contributed by atoms with Crippen LogP contribution in [-0.2, 0) is 11.3 Å². The van der Waals surface area contributed by atoms with E-state index in [9.17, 15) is 4.79 Å². The summed E-state index contributed by atoms with van der Waals surface area (Å²) in [6, 6.07) is 7.82. The van der Waals surface area contributed by atoms with E-state index in [2.05, 4.69) is 10.3 Å². The van der Waals surface area contributed by atoms with E-state index in [1.54, 1.807) is 9.58 Å². The largest absolute Gasteiger partial charge is 0.442 e. The van der Waals surface area contributed by atoms with Gasteiger partial charge in [-0.15, -0.1) is 5.10 Å². The van der Waals surface area contributed by atoms with Crippen molar-refractivity contribution in [2.45, 2.75) is 26.5 Å². The molecule has 2 aromatic rings. The van der Waals surface area contributed by atoms with Crippen molar-refractivity contribution in [3.8, 4) is 0 Å². The molecule has 1 aromatic carbocycles. The number of carbonyl (C=O) groups excluding carboxylic acids is 1. The topological polar surface area (TPSA) is 60.3 Å². The second-order valence-electron chi connectivity index (χ2n) is 5.03. The number of rotatable bonds is 3. The van der Waals surface area contributed by atoms with Crippen molar-refractivity contribution >= 4 is 11.8 Å². The van der Waals surface area contributed by atoms with Crippen LogP contribution in [0.2, 0.25) is 0 Å². The van der Waals surface area contributed by atoms with Crippen LogP contribution in [-0.4, -0.2) is 33.7 Å². The van der Waals surface area contributed by atoms with Crippen molar-refractivity contribution in [2.75, 3.05) is 11.4 Å². The Labute approximate surface area is 117 Å². The van der Waals surface area contributed by atoms with Crippen LogP contribution in [0.4, 0.5) is 10.5 Å². The third-order valence-corrected chi connectivity index (χ3v) is 3.26. The average Bonchev–Trinajstić information content (AvgIpc) is 2.97. The molecule has 1 aromatic heterocycles. The van der Waals surface area contributed by atoms with Crippen molar-refractivity contribution in [3.05, 3.63) is 41.7 Å². The van der Waals surface area contributed by atoms with Crippen LogP contribution in [0.25, 0.3) is 0 Å². The van der Waals surface area contributed by atoms with Gasteiger partial charge in [-0.1, -0.05) is 22.9 Å². The van der Waals surface area contributed by atoms with E-state index >= 15 is 0 Å². The molecule has 1 amide bonds. The average molecular weight is 272 g/mol. The Morgan fingerprint density at radius 2 is 2.05 bits per heavy atom. The van der Waals surface area contributed by atoms with E-state index in [4.69, 9.17) is 4.74 Å². The van der Waals surface area contributed by atoms with Crippen LogP contribution in [0.5, 0.6) is 0 Å². The standard InChI is InChI=1S/C14H16N4O2/c1-10-3-5-12(6-4-10)18-9-13(20-14(18)19)8-17-7-11(2)15-16-17/h3-7,13H,8-9H2,1-2H3/t13-/m0/s1. The summed E-state index contributed by atoms with van der Waals surface area (Å²) in [5, 5.41) is 7.89. The summed E-state index contributed by atoms with van der Waals surface area (Å²) in [6.07, 6.45) is 1.32. The Hall–Kier alpha value is -2.37. The highest BCUT2D eigenvalue weighted by Crippen LogP contribution is 2.22. The molecule has 0 radical (unpaired) electrons. The Morgan fingerprint density at radius 3 is 2.70 bits per heavy atom. The van der Waals surface area contributed by atoms with Crippen LogP contribution in [0.15, 0.2) is 30.5 Å².